The van der Waals surface area contributed by atoms with E-state index in [1.54, 1.807) is 0 Å². The zero-order chi connectivity index (χ0) is 22.5. The Hall–Kier alpha value is -2.92. The molecule has 1 amide bonds. The first kappa shape index (κ1) is 22.8. The van der Waals surface area contributed by atoms with E-state index >= 15 is 0 Å². The van der Waals surface area contributed by atoms with E-state index in [4.69, 9.17) is 4.74 Å². The molecule has 1 aliphatic rings. The average Bonchev–Trinajstić information content (AvgIpc) is 2.96. The summed E-state index contributed by atoms with van der Waals surface area (Å²) >= 11 is 0. The molecule has 5 heteroatoms. The summed E-state index contributed by atoms with van der Waals surface area (Å²) < 4.78 is 4.96. The predicted molar refractivity (Wildman–Crippen MR) is 122 cm³/mol. The number of esters is 1. The van der Waals surface area contributed by atoms with Gasteiger partial charge < -0.3 is 9.64 Å². The third-order valence-electron chi connectivity index (χ3n) is 6.14. The van der Waals surface area contributed by atoms with Crippen LogP contribution in [0.15, 0.2) is 59.7 Å². The summed E-state index contributed by atoms with van der Waals surface area (Å²) in [5.41, 5.74) is 6.28. The number of nitrogens with one attached hydrogen (secondary N) is 1. The predicted octanol–water partition coefficient (Wildman–Crippen LogP) is 4.24. The first-order valence-corrected chi connectivity index (χ1v) is 10.7. The lowest BCUT2D eigenvalue weighted by atomic mass is 9.96. The van der Waals surface area contributed by atoms with Crippen LogP contribution in [0, 0.1) is 13.8 Å². The zero-order valence-electron chi connectivity index (χ0n) is 19.1. The van der Waals surface area contributed by atoms with Gasteiger partial charge >= 0.3 is 5.97 Å². The summed E-state index contributed by atoms with van der Waals surface area (Å²) in [5, 5.41) is 3.60. The normalized spacial score (nSPS) is 17.3. The van der Waals surface area contributed by atoms with E-state index < -0.39 is 0 Å². The summed E-state index contributed by atoms with van der Waals surface area (Å²) in [4.78, 5) is 27.1. The number of carbonyl (C=O) groups is 2. The number of ether oxygens (including phenoxy) is 1. The summed E-state index contributed by atoms with van der Waals surface area (Å²) in [6, 6.07) is 16.1. The van der Waals surface area contributed by atoms with Gasteiger partial charge in [-0.05, 0) is 56.4 Å². The molecule has 0 fully saturated rings. The van der Waals surface area contributed by atoms with Crippen LogP contribution in [-0.2, 0) is 20.7 Å². The molecule has 31 heavy (non-hydrogen) atoms. The highest BCUT2D eigenvalue weighted by Gasteiger charge is 2.36. The van der Waals surface area contributed by atoms with Crippen LogP contribution in [0.2, 0.25) is 0 Å². The summed E-state index contributed by atoms with van der Waals surface area (Å²) in [5.74, 6) is -0.237. The highest BCUT2D eigenvalue weighted by Crippen LogP contribution is 2.29. The number of amides is 1. The van der Waals surface area contributed by atoms with Crippen LogP contribution < -0.4 is 5.32 Å². The second-order valence-corrected chi connectivity index (χ2v) is 8.30. The maximum Gasteiger partial charge on any atom is 0.307 e. The van der Waals surface area contributed by atoms with E-state index in [-0.39, 0.29) is 30.5 Å². The van der Waals surface area contributed by atoms with Gasteiger partial charge in [0.1, 0.15) is 6.17 Å². The molecule has 1 heterocycles. The number of carbonyl (C=O) groups excluding carboxylic acids is 2. The van der Waals surface area contributed by atoms with Crippen molar-refractivity contribution in [1.82, 2.24) is 10.2 Å². The fourth-order valence-corrected chi connectivity index (χ4v) is 4.20. The van der Waals surface area contributed by atoms with Gasteiger partial charge in [0.15, 0.2) is 0 Å². The standard InChI is InChI=1S/C26H32N2O3/c1-17-11-12-22(18(2)15-17)23(16-24(29)31-5)27-25-19(3)20(4)26(30)28(25)14-13-21-9-7-6-8-10-21/h6-12,15,23,25,27H,13-14,16H2,1-5H3/t23-,25+/m0/s1. The molecule has 0 saturated heterocycles. The van der Waals surface area contributed by atoms with Crippen LogP contribution in [0.1, 0.15) is 48.6 Å². The van der Waals surface area contributed by atoms with Crippen molar-refractivity contribution < 1.29 is 14.3 Å². The van der Waals surface area contributed by atoms with Crippen molar-refractivity contribution in [2.75, 3.05) is 13.7 Å². The molecule has 3 rings (SSSR count). The lowest BCUT2D eigenvalue weighted by Crippen LogP contribution is -2.47. The van der Waals surface area contributed by atoms with E-state index in [1.807, 2.05) is 36.9 Å². The number of rotatable bonds is 8. The Balaban J connectivity index is 1.86. The quantitative estimate of drug-likeness (QED) is 0.649. The second-order valence-electron chi connectivity index (χ2n) is 8.30. The molecule has 5 nitrogen and oxygen atoms in total. The van der Waals surface area contributed by atoms with Crippen molar-refractivity contribution >= 4 is 11.9 Å². The molecule has 2 atom stereocenters. The Morgan fingerprint density at radius 3 is 2.45 bits per heavy atom. The maximum atomic E-state index is 13.0. The molecule has 0 aliphatic carbocycles. The maximum absolute atomic E-state index is 13.0. The number of methoxy groups -OCH3 is 1. The minimum absolute atomic E-state index is 0.0448. The monoisotopic (exact) mass is 420 g/mol. The minimum atomic E-state index is -0.281. The largest absolute Gasteiger partial charge is 0.469 e. The van der Waals surface area contributed by atoms with Crippen molar-refractivity contribution in [2.45, 2.75) is 52.7 Å². The van der Waals surface area contributed by atoms with Gasteiger partial charge in [-0.25, -0.2) is 0 Å². The Morgan fingerprint density at radius 2 is 1.81 bits per heavy atom. The molecule has 0 bridgehead atoms. The smallest absolute Gasteiger partial charge is 0.307 e. The highest BCUT2D eigenvalue weighted by atomic mass is 16.5. The molecule has 0 radical (unpaired) electrons. The van der Waals surface area contributed by atoms with Gasteiger partial charge in [0, 0.05) is 18.2 Å². The summed E-state index contributed by atoms with van der Waals surface area (Å²) in [6.07, 6.45) is 0.715. The molecule has 0 unspecified atom stereocenters. The van der Waals surface area contributed by atoms with E-state index in [0.29, 0.717) is 6.54 Å². The molecule has 2 aromatic rings. The molecule has 1 N–H and O–H groups in total. The van der Waals surface area contributed by atoms with Crippen LogP contribution in [-0.4, -0.2) is 36.6 Å². The SMILES string of the molecule is COC(=O)C[C@H](N[C@H]1C(C)=C(C)C(=O)N1CCc1ccccc1)c1ccc(C)cc1C. The van der Waals surface area contributed by atoms with Crippen molar-refractivity contribution in [2.24, 2.45) is 0 Å². The molecule has 0 spiro atoms. The van der Waals surface area contributed by atoms with Gasteiger partial charge in [0.2, 0.25) is 0 Å². The van der Waals surface area contributed by atoms with Crippen LogP contribution in [0.5, 0.6) is 0 Å². The molecule has 0 saturated carbocycles. The van der Waals surface area contributed by atoms with Gasteiger partial charge in [-0.3, -0.25) is 14.9 Å². The Bertz CT molecular complexity index is 981. The fraction of sp³-hybridized carbons (Fsp3) is 0.385. The first-order valence-electron chi connectivity index (χ1n) is 10.7. The number of hydrogen-bond acceptors (Lipinski definition) is 4. The molecular formula is C26H32N2O3. The Kier molecular flexibility index (Phi) is 7.29. The molecule has 1 aliphatic heterocycles. The van der Waals surface area contributed by atoms with Crippen LogP contribution in [0.4, 0.5) is 0 Å². The third kappa shape index (κ3) is 5.23. The fourth-order valence-electron chi connectivity index (χ4n) is 4.20. The van der Waals surface area contributed by atoms with Crippen LogP contribution in [0.3, 0.4) is 0 Å². The molecule has 0 aromatic heterocycles. The van der Waals surface area contributed by atoms with Crippen molar-refractivity contribution in [3.63, 3.8) is 0 Å². The van der Waals surface area contributed by atoms with Gasteiger partial charge in [0.25, 0.3) is 5.91 Å². The van der Waals surface area contributed by atoms with Crippen molar-refractivity contribution in [1.29, 1.82) is 0 Å². The number of benzene rings is 2. The van der Waals surface area contributed by atoms with Gasteiger partial charge in [-0.1, -0.05) is 54.1 Å². The van der Waals surface area contributed by atoms with Gasteiger partial charge in [-0.2, -0.15) is 0 Å². The van der Waals surface area contributed by atoms with Crippen LogP contribution >= 0.6 is 0 Å². The third-order valence-corrected chi connectivity index (χ3v) is 6.14. The highest BCUT2D eigenvalue weighted by molar-refractivity contribution is 5.97. The summed E-state index contributed by atoms with van der Waals surface area (Å²) in [6.45, 7) is 8.57. The van der Waals surface area contributed by atoms with Crippen molar-refractivity contribution in [3.05, 3.63) is 81.9 Å². The second kappa shape index (κ2) is 9.92. The summed E-state index contributed by atoms with van der Waals surface area (Å²) in [7, 11) is 1.40. The topological polar surface area (TPSA) is 58.6 Å². The zero-order valence-corrected chi connectivity index (χ0v) is 19.1. The van der Waals surface area contributed by atoms with Crippen molar-refractivity contribution in [3.8, 4) is 0 Å². The molecule has 164 valence electrons. The first-order chi connectivity index (χ1) is 14.8. The van der Waals surface area contributed by atoms with E-state index in [2.05, 4.69) is 49.5 Å². The Morgan fingerprint density at radius 1 is 1.10 bits per heavy atom. The average molecular weight is 421 g/mol. The molecule has 2 aromatic carbocycles. The number of aryl methyl sites for hydroxylation is 2. The van der Waals surface area contributed by atoms with Crippen LogP contribution in [0.25, 0.3) is 0 Å². The van der Waals surface area contributed by atoms with E-state index in [1.165, 1.54) is 18.2 Å². The van der Waals surface area contributed by atoms with E-state index in [9.17, 15) is 9.59 Å². The Labute approximate surface area is 185 Å². The lowest BCUT2D eigenvalue weighted by molar-refractivity contribution is -0.141. The number of hydrogen-bond donors (Lipinski definition) is 1. The van der Waals surface area contributed by atoms with Gasteiger partial charge in [0.05, 0.1) is 13.5 Å². The minimum Gasteiger partial charge on any atom is -0.469 e. The van der Waals surface area contributed by atoms with E-state index in [0.717, 1.165) is 28.7 Å². The number of nitrogens with zero attached hydrogens (tertiary/aromatic N) is 1. The molecular weight excluding hydrogens is 388 g/mol. The van der Waals surface area contributed by atoms with Gasteiger partial charge in [-0.15, -0.1) is 0 Å². The lowest BCUT2D eigenvalue weighted by Gasteiger charge is -2.32.